The van der Waals surface area contributed by atoms with E-state index < -0.39 is 0 Å². The van der Waals surface area contributed by atoms with Crippen molar-refractivity contribution in [2.24, 2.45) is 5.92 Å². The molecule has 0 radical (unpaired) electrons. The van der Waals surface area contributed by atoms with Gasteiger partial charge in [0, 0.05) is 19.1 Å². The summed E-state index contributed by atoms with van der Waals surface area (Å²) in [6.45, 7) is 8.12. The molecule has 0 saturated carbocycles. The molecule has 1 fully saturated rings. The highest BCUT2D eigenvalue weighted by atomic mass is 16.2. The van der Waals surface area contributed by atoms with Gasteiger partial charge in [-0.3, -0.25) is 9.59 Å². The molecule has 1 rings (SSSR count). The molecule has 1 atom stereocenters. The first kappa shape index (κ1) is 14.0. The first-order chi connectivity index (χ1) is 8.04. The molecule has 1 aliphatic heterocycles. The Morgan fingerprint density at radius 1 is 1.47 bits per heavy atom. The minimum Gasteiger partial charge on any atom is -0.352 e. The highest BCUT2D eigenvalue weighted by Crippen LogP contribution is 2.11. The third kappa shape index (κ3) is 4.34. The van der Waals surface area contributed by atoms with E-state index in [2.05, 4.69) is 10.6 Å². The Balaban J connectivity index is 2.46. The van der Waals surface area contributed by atoms with Crippen LogP contribution < -0.4 is 10.6 Å². The summed E-state index contributed by atoms with van der Waals surface area (Å²) in [4.78, 5) is 25.4. The van der Waals surface area contributed by atoms with Gasteiger partial charge in [-0.1, -0.05) is 0 Å². The van der Waals surface area contributed by atoms with E-state index in [1.165, 1.54) is 0 Å². The van der Waals surface area contributed by atoms with Crippen LogP contribution in [0.5, 0.6) is 0 Å². The monoisotopic (exact) mass is 241 g/mol. The van der Waals surface area contributed by atoms with E-state index in [0.29, 0.717) is 6.54 Å². The molecule has 0 aromatic rings. The molecule has 5 heteroatoms. The fourth-order valence-electron chi connectivity index (χ4n) is 2.01. The zero-order valence-electron chi connectivity index (χ0n) is 11.0. The van der Waals surface area contributed by atoms with Crippen molar-refractivity contribution in [3.05, 3.63) is 0 Å². The lowest BCUT2D eigenvalue weighted by Gasteiger charge is -2.23. The first-order valence-electron chi connectivity index (χ1n) is 6.33. The molecule has 1 saturated heterocycles. The molecule has 1 heterocycles. The topological polar surface area (TPSA) is 61.4 Å². The normalized spacial score (nSPS) is 19.4. The maximum absolute atomic E-state index is 12.1. The summed E-state index contributed by atoms with van der Waals surface area (Å²) < 4.78 is 0. The van der Waals surface area contributed by atoms with E-state index in [-0.39, 0.29) is 30.3 Å². The quantitative estimate of drug-likeness (QED) is 0.710. The van der Waals surface area contributed by atoms with Crippen molar-refractivity contribution in [3.63, 3.8) is 0 Å². The van der Waals surface area contributed by atoms with Gasteiger partial charge < -0.3 is 15.5 Å². The van der Waals surface area contributed by atoms with Gasteiger partial charge in [0.15, 0.2) is 0 Å². The number of rotatable bonds is 5. The molecule has 5 nitrogen and oxygen atoms in total. The van der Waals surface area contributed by atoms with Crippen LogP contribution in [-0.2, 0) is 9.59 Å². The largest absolute Gasteiger partial charge is 0.352 e. The van der Waals surface area contributed by atoms with Crippen LogP contribution in [0.2, 0.25) is 0 Å². The molecule has 0 aromatic carbocycles. The third-order valence-corrected chi connectivity index (χ3v) is 2.89. The minimum atomic E-state index is -0.0823. The predicted molar refractivity (Wildman–Crippen MR) is 66.5 cm³/mol. The summed E-state index contributed by atoms with van der Waals surface area (Å²) in [5.74, 6) is 0.0550. The number of likely N-dealkylation sites (N-methyl/N-ethyl adjacent to an activating group) is 1. The van der Waals surface area contributed by atoms with Crippen LogP contribution in [0, 0.1) is 5.92 Å². The molecular formula is C12H23N3O2. The van der Waals surface area contributed by atoms with Crippen molar-refractivity contribution < 1.29 is 9.59 Å². The van der Waals surface area contributed by atoms with Crippen molar-refractivity contribution in [1.82, 2.24) is 15.5 Å². The summed E-state index contributed by atoms with van der Waals surface area (Å²) in [5, 5.41) is 5.97. The Labute approximate surface area is 103 Å². The maximum Gasteiger partial charge on any atom is 0.239 e. The molecule has 0 aromatic heterocycles. The highest BCUT2D eigenvalue weighted by molar-refractivity contribution is 5.86. The lowest BCUT2D eigenvalue weighted by Crippen LogP contribution is -2.45. The number of hydrogen-bond donors (Lipinski definition) is 2. The highest BCUT2D eigenvalue weighted by Gasteiger charge is 2.27. The lowest BCUT2D eigenvalue weighted by molar-refractivity contribution is -0.138. The molecule has 17 heavy (non-hydrogen) atoms. The van der Waals surface area contributed by atoms with Crippen LogP contribution in [0.3, 0.4) is 0 Å². The minimum absolute atomic E-state index is 0.0433. The smallest absolute Gasteiger partial charge is 0.239 e. The Kier molecular flexibility index (Phi) is 5.41. The molecular weight excluding hydrogens is 218 g/mol. The summed E-state index contributed by atoms with van der Waals surface area (Å²) in [6.07, 6.45) is 0.876. The molecule has 0 bridgehead atoms. The fraction of sp³-hybridized carbons (Fsp3) is 0.833. The average molecular weight is 241 g/mol. The van der Waals surface area contributed by atoms with Gasteiger partial charge in [-0.25, -0.2) is 0 Å². The van der Waals surface area contributed by atoms with E-state index in [1.807, 2.05) is 20.8 Å². The Morgan fingerprint density at radius 3 is 2.65 bits per heavy atom. The van der Waals surface area contributed by atoms with E-state index in [9.17, 15) is 9.59 Å². The first-order valence-corrected chi connectivity index (χ1v) is 6.33. The van der Waals surface area contributed by atoms with Crippen molar-refractivity contribution in [2.45, 2.75) is 33.2 Å². The number of nitrogens with one attached hydrogen (secondary N) is 2. The summed E-state index contributed by atoms with van der Waals surface area (Å²) >= 11 is 0. The van der Waals surface area contributed by atoms with Crippen LogP contribution in [0.15, 0.2) is 0 Å². The Bertz CT molecular complexity index is 273. The Morgan fingerprint density at radius 2 is 2.18 bits per heavy atom. The van der Waals surface area contributed by atoms with E-state index >= 15 is 0 Å². The summed E-state index contributed by atoms with van der Waals surface area (Å²) in [5.41, 5.74) is 0. The van der Waals surface area contributed by atoms with E-state index in [0.717, 1.165) is 19.5 Å². The van der Waals surface area contributed by atoms with Gasteiger partial charge in [-0.05, 0) is 33.7 Å². The number of carbonyl (C=O) groups excluding carboxylic acids is 2. The summed E-state index contributed by atoms with van der Waals surface area (Å²) in [7, 11) is 0. The zero-order chi connectivity index (χ0) is 12.8. The van der Waals surface area contributed by atoms with Gasteiger partial charge in [0.1, 0.15) is 0 Å². The van der Waals surface area contributed by atoms with Crippen molar-refractivity contribution in [1.29, 1.82) is 0 Å². The molecule has 1 aliphatic rings. The van der Waals surface area contributed by atoms with Crippen molar-refractivity contribution in [2.75, 3.05) is 26.2 Å². The van der Waals surface area contributed by atoms with Gasteiger partial charge in [-0.2, -0.15) is 0 Å². The molecule has 98 valence electrons. The second kappa shape index (κ2) is 6.59. The van der Waals surface area contributed by atoms with E-state index in [4.69, 9.17) is 0 Å². The second-order valence-electron chi connectivity index (χ2n) is 4.76. The Hall–Kier alpha value is -1.10. The molecule has 0 aliphatic carbocycles. The lowest BCUT2D eigenvalue weighted by atomic mass is 10.1. The number of carbonyl (C=O) groups is 2. The average Bonchev–Trinajstić information content (AvgIpc) is 2.77. The van der Waals surface area contributed by atoms with Crippen LogP contribution >= 0.6 is 0 Å². The number of hydrogen-bond acceptors (Lipinski definition) is 3. The fourth-order valence-corrected chi connectivity index (χ4v) is 2.01. The molecule has 1 unspecified atom stereocenters. The van der Waals surface area contributed by atoms with Gasteiger partial charge in [0.05, 0.1) is 12.5 Å². The predicted octanol–water partition coefficient (Wildman–Crippen LogP) is -0.0310. The maximum atomic E-state index is 12.1. The van der Waals surface area contributed by atoms with Crippen LogP contribution in [-0.4, -0.2) is 48.9 Å². The van der Waals surface area contributed by atoms with E-state index in [1.54, 1.807) is 4.90 Å². The van der Waals surface area contributed by atoms with Gasteiger partial charge in [0.25, 0.3) is 0 Å². The number of nitrogens with zero attached hydrogens (tertiary/aromatic N) is 1. The molecule has 2 amide bonds. The molecule has 0 spiro atoms. The van der Waals surface area contributed by atoms with Gasteiger partial charge in [-0.15, -0.1) is 0 Å². The zero-order valence-corrected chi connectivity index (χ0v) is 11.0. The van der Waals surface area contributed by atoms with Crippen molar-refractivity contribution in [3.8, 4) is 0 Å². The van der Waals surface area contributed by atoms with Gasteiger partial charge in [0.2, 0.25) is 11.8 Å². The third-order valence-electron chi connectivity index (χ3n) is 2.89. The number of amides is 2. The SMILES string of the molecule is CCN(CC(=O)NC(C)C)C(=O)C1CCNC1. The van der Waals surface area contributed by atoms with Crippen LogP contribution in [0.25, 0.3) is 0 Å². The van der Waals surface area contributed by atoms with Crippen LogP contribution in [0.1, 0.15) is 27.2 Å². The molecule has 2 N–H and O–H groups in total. The second-order valence-corrected chi connectivity index (χ2v) is 4.76. The summed E-state index contributed by atoms with van der Waals surface area (Å²) in [6, 6.07) is 0.115. The standard InChI is InChI=1S/C12H23N3O2/c1-4-15(8-11(16)14-9(2)3)12(17)10-5-6-13-7-10/h9-10,13H,4-8H2,1-3H3,(H,14,16). The van der Waals surface area contributed by atoms with Crippen molar-refractivity contribution >= 4 is 11.8 Å². The van der Waals surface area contributed by atoms with Gasteiger partial charge >= 0.3 is 0 Å². The van der Waals surface area contributed by atoms with Crippen LogP contribution in [0.4, 0.5) is 0 Å².